The molecule has 1 aliphatic heterocycles. The molecule has 0 unspecified atom stereocenters. The molecule has 1 saturated heterocycles. The number of esters is 1. The minimum atomic E-state index is -0.547. The number of benzene rings is 2. The van der Waals surface area contributed by atoms with E-state index >= 15 is 0 Å². The number of rotatable bonds is 4. The Kier molecular flexibility index (Phi) is 5.17. The first-order valence-electron chi connectivity index (χ1n) is 10.0. The summed E-state index contributed by atoms with van der Waals surface area (Å²) >= 11 is 7.39. The van der Waals surface area contributed by atoms with Gasteiger partial charge in [0, 0.05) is 15.7 Å². The monoisotopic (exact) mass is 547 g/mol. The average molecular weight is 549 g/mol. The summed E-state index contributed by atoms with van der Waals surface area (Å²) in [7, 11) is 1.52. The highest BCUT2D eigenvalue weighted by Crippen LogP contribution is 2.60. The molecule has 1 heterocycles. The van der Waals surface area contributed by atoms with Crippen molar-refractivity contribution in [3.63, 3.8) is 0 Å². The molecule has 5 rings (SSSR count). The second kappa shape index (κ2) is 7.74. The lowest BCUT2D eigenvalue weighted by molar-refractivity contribution is -0.123. The number of carbonyl (C=O) groups is 3. The van der Waals surface area contributed by atoms with Crippen molar-refractivity contribution in [3.8, 4) is 11.5 Å². The van der Waals surface area contributed by atoms with Gasteiger partial charge in [0.1, 0.15) is 11.5 Å². The topological polar surface area (TPSA) is 72.9 Å². The van der Waals surface area contributed by atoms with Crippen molar-refractivity contribution in [1.29, 1.82) is 0 Å². The van der Waals surface area contributed by atoms with E-state index < -0.39 is 5.97 Å². The van der Waals surface area contributed by atoms with E-state index in [1.807, 2.05) is 0 Å². The molecule has 2 aromatic carbocycles. The zero-order chi connectivity index (χ0) is 21.9. The number of nitrogens with zero attached hydrogens (tertiary/aromatic N) is 1. The normalized spacial score (nSPS) is 31.1. The highest BCUT2D eigenvalue weighted by molar-refractivity contribution is 9.12. The maximum absolute atomic E-state index is 13.2. The number of halogens is 2. The first-order chi connectivity index (χ1) is 14.9. The van der Waals surface area contributed by atoms with Gasteiger partial charge in [-0.2, -0.15) is 0 Å². The Balaban J connectivity index is 1.39. The lowest BCUT2D eigenvalue weighted by Gasteiger charge is -2.28. The Morgan fingerprint density at radius 1 is 0.935 bits per heavy atom. The van der Waals surface area contributed by atoms with Gasteiger partial charge in [-0.25, -0.2) is 9.69 Å². The Morgan fingerprint density at radius 2 is 1.55 bits per heavy atom. The van der Waals surface area contributed by atoms with Crippen LogP contribution in [0, 0.1) is 23.7 Å². The number of hydrogen-bond donors (Lipinski definition) is 0. The standard InChI is InChI=1S/C23H19Br2NO5/c1-30-13-6-2-4-11(8-13)23(29)31-14-7-3-5-12(9-14)26-21(27)17-15-10-16(18(17)22(26)28)20(25)19(15)24/h2-9,15-20H,10H2,1H3/t15-,16-,17-,18-,19-,20+/m0/s1. The van der Waals surface area contributed by atoms with Crippen molar-refractivity contribution in [1.82, 2.24) is 0 Å². The summed E-state index contributed by atoms with van der Waals surface area (Å²) in [5.41, 5.74) is 0.771. The molecule has 0 radical (unpaired) electrons. The fourth-order valence-electron chi connectivity index (χ4n) is 5.21. The van der Waals surface area contributed by atoms with Crippen LogP contribution in [0.15, 0.2) is 48.5 Å². The number of amides is 2. The molecule has 0 N–H and O–H groups in total. The third kappa shape index (κ3) is 3.22. The predicted octanol–water partition coefficient (Wildman–Crippen LogP) is 4.20. The molecule has 3 aliphatic rings. The number of fused-ring (bicyclic) bond motifs is 5. The minimum Gasteiger partial charge on any atom is -0.497 e. The maximum Gasteiger partial charge on any atom is 0.343 e. The Labute approximate surface area is 196 Å². The van der Waals surface area contributed by atoms with Crippen molar-refractivity contribution in [2.75, 3.05) is 12.0 Å². The van der Waals surface area contributed by atoms with Gasteiger partial charge in [-0.15, -0.1) is 0 Å². The number of anilines is 1. The Bertz CT molecular complexity index is 1060. The van der Waals surface area contributed by atoms with Crippen LogP contribution in [0.2, 0.25) is 0 Å². The number of imide groups is 1. The van der Waals surface area contributed by atoms with Crippen LogP contribution in [0.25, 0.3) is 0 Å². The fraction of sp³-hybridized carbons (Fsp3) is 0.348. The molecule has 31 heavy (non-hydrogen) atoms. The van der Waals surface area contributed by atoms with Crippen LogP contribution in [-0.2, 0) is 9.59 Å². The number of methoxy groups -OCH3 is 1. The van der Waals surface area contributed by atoms with Crippen molar-refractivity contribution in [3.05, 3.63) is 54.1 Å². The van der Waals surface area contributed by atoms with E-state index in [1.54, 1.807) is 48.5 Å². The van der Waals surface area contributed by atoms with Crippen LogP contribution >= 0.6 is 31.9 Å². The molecule has 3 fully saturated rings. The van der Waals surface area contributed by atoms with Gasteiger partial charge in [0.15, 0.2) is 0 Å². The lowest BCUT2D eigenvalue weighted by Crippen LogP contribution is -2.37. The molecule has 2 bridgehead atoms. The molecular formula is C23H19Br2NO5. The summed E-state index contributed by atoms with van der Waals surface area (Å²) in [5.74, 6) is -0.350. The van der Waals surface area contributed by atoms with Gasteiger partial charge >= 0.3 is 5.97 Å². The Hall–Kier alpha value is -2.19. The largest absolute Gasteiger partial charge is 0.497 e. The molecule has 2 amide bonds. The smallest absolute Gasteiger partial charge is 0.343 e. The number of hydrogen-bond acceptors (Lipinski definition) is 5. The third-order valence-electron chi connectivity index (χ3n) is 6.58. The van der Waals surface area contributed by atoms with Crippen molar-refractivity contribution >= 4 is 55.3 Å². The van der Waals surface area contributed by atoms with E-state index in [0.29, 0.717) is 17.0 Å². The third-order valence-corrected chi connectivity index (χ3v) is 9.79. The Morgan fingerprint density at radius 3 is 2.19 bits per heavy atom. The molecule has 0 spiro atoms. The lowest BCUT2D eigenvalue weighted by atomic mass is 9.81. The SMILES string of the molecule is COc1cccc(C(=O)Oc2cccc(N3C(=O)[C@H]4[C@@H]5C[C@H]([C@@H](Br)[C@H]5Br)[C@@H]4C3=O)c2)c1. The summed E-state index contributed by atoms with van der Waals surface area (Å²) in [6, 6.07) is 13.2. The number of carbonyl (C=O) groups excluding carboxylic acids is 3. The van der Waals surface area contributed by atoms with Crippen molar-refractivity contribution < 1.29 is 23.9 Å². The minimum absolute atomic E-state index is 0.148. The molecular weight excluding hydrogens is 530 g/mol. The second-order valence-electron chi connectivity index (χ2n) is 8.13. The van der Waals surface area contributed by atoms with Crippen LogP contribution < -0.4 is 14.4 Å². The van der Waals surface area contributed by atoms with E-state index in [-0.39, 0.29) is 50.9 Å². The van der Waals surface area contributed by atoms with Gasteiger partial charge in [-0.05, 0) is 48.6 Å². The molecule has 160 valence electrons. The van der Waals surface area contributed by atoms with Gasteiger partial charge in [-0.3, -0.25) is 9.59 Å². The van der Waals surface area contributed by atoms with Crippen LogP contribution in [0.3, 0.4) is 0 Å². The highest BCUT2D eigenvalue weighted by atomic mass is 79.9. The van der Waals surface area contributed by atoms with Crippen LogP contribution in [0.4, 0.5) is 5.69 Å². The van der Waals surface area contributed by atoms with Gasteiger partial charge in [0.25, 0.3) is 0 Å². The summed E-state index contributed by atoms with van der Waals surface area (Å²) < 4.78 is 10.6. The van der Waals surface area contributed by atoms with Crippen molar-refractivity contribution in [2.24, 2.45) is 23.7 Å². The van der Waals surface area contributed by atoms with Crippen molar-refractivity contribution in [2.45, 2.75) is 16.1 Å². The molecule has 6 nitrogen and oxygen atoms in total. The quantitative estimate of drug-likeness (QED) is 0.248. The first-order valence-corrected chi connectivity index (χ1v) is 11.9. The van der Waals surface area contributed by atoms with Crippen LogP contribution in [0.1, 0.15) is 16.8 Å². The van der Waals surface area contributed by atoms with Gasteiger partial charge in [0.05, 0.1) is 30.2 Å². The summed E-state index contributed by atoms with van der Waals surface area (Å²) in [5, 5.41) is 0. The number of alkyl halides is 2. The van der Waals surface area contributed by atoms with E-state index in [2.05, 4.69) is 31.9 Å². The summed E-state index contributed by atoms with van der Waals surface area (Å²) in [4.78, 5) is 40.6. The second-order valence-corrected chi connectivity index (χ2v) is 10.2. The van der Waals surface area contributed by atoms with Gasteiger partial charge in [-0.1, -0.05) is 44.0 Å². The van der Waals surface area contributed by atoms with Crippen LogP contribution in [0.5, 0.6) is 11.5 Å². The van der Waals surface area contributed by atoms with Crippen LogP contribution in [-0.4, -0.2) is 34.5 Å². The van der Waals surface area contributed by atoms with Gasteiger partial charge in [0.2, 0.25) is 11.8 Å². The molecule has 2 aromatic rings. The zero-order valence-electron chi connectivity index (χ0n) is 16.5. The average Bonchev–Trinajstić information content (AvgIpc) is 3.38. The van der Waals surface area contributed by atoms with E-state index in [0.717, 1.165) is 6.42 Å². The number of ether oxygens (including phenoxy) is 2. The molecule has 2 aliphatic carbocycles. The first kappa shape index (κ1) is 20.7. The molecule has 6 atom stereocenters. The maximum atomic E-state index is 13.2. The molecule has 8 heteroatoms. The summed E-state index contributed by atoms with van der Waals surface area (Å²) in [6.45, 7) is 0. The van der Waals surface area contributed by atoms with E-state index in [9.17, 15) is 14.4 Å². The van der Waals surface area contributed by atoms with E-state index in [1.165, 1.54) is 12.0 Å². The van der Waals surface area contributed by atoms with Gasteiger partial charge < -0.3 is 9.47 Å². The molecule has 0 aromatic heterocycles. The fourth-order valence-corrected chi connectivity index (χ4v) is 7.08. The van der Waals surface area contributed by atoms with E-state index in [4.69, 9.17) is 9.47 Å². The predicted molar refractivity (Wildman–Crippen MR) is 121 cm³/mol. The zero-order valence-corrected chi connectivity index (χ0v) is 19.7. The highest BCUT2D eigenvalue weighted by Gasteiger charge is 2.66. The summed E-state index contributed by atoms with van der Waals surface area (Å²) in [6.07, 6.45) is 0.880. The molecule has 2 saturated carbocycles.